The molecule has 3 rings (SSSR count). The molecule has 1 aliphatic rings. The van der Waals surface area contributed by atoms with Crippen LogP contribution in [0.3, 0.4) is 0 Å². The number of fused-ring (bicyclic) bond motifs is 1. The van der Waals surface area contributed by atoms with Crippen LogP contribution in [0.1, 0.15) is 37.8 Å². The fourth-order valence-corrected chi connectivity index (χ4v) is 5.24. The first-order valence-electron chi connectivity index (χ1n) is 8.42. The molecule has 7 heteroatoms. The van der Waals surface area contributed by atoms with Gasteiger partial charge in [-0.25, -0.2) is 8.42 Å². The predicted molar refractivity (Wildman–Crippen MR) is 107 cm³/mol. The van der Waals surface area contributed by atoms with Crippen LogP contribution in [0, 0.1) is 0 Å². The molecule has 0 fully saturated rings. The standard InChI is InChI=1S/C19H21BrN2O3S/c1-12(2)14-4-6-16(7-5-14)21-26(24,25)19-11-18-15(10-17(19)20)8-9-22(18)13(3)23/h4-7,10-12,21H,8-9H2,1-3H3. The highest BCUT2D eigenvalue weighted by Gasteiger charge is 2.27. The van der Waals surface area contributed by atoms with Crippen molar-refractivity contribution >= 4 is 43.2 Å². The van der Waals surface area contributed by atoms with Crippen LogP contribution in [0.25, 0.3) is 0 Å². The summed E-state index contributed by atoms with van der Waals surface area (Å²) in [4.78, 5) is 13.5. The molecule has 1 amide bonds. The van der Waals surface area contributed by atoms with Crippen molar-refractivity contribution in [3.05, 3.63) is 52.0 Å². The average Bonchev–Trinajstić information content (AvgIpc) is 2.97. The molecule has 0 aromatic heterocycles. The summed E-state index contributed by atoms with van der Waals surface area (Å²) in [6, 6.07) is 10.7. The molecule has 2 aromatic rings. The fraction of sp³-hybridized carbons (Fsp3) is 0.316. The molecule has 0 atom stereocenters. The summed E-state index contributed by atoms with van der Waals surface area (Å²) < 4.78 is 28.9. The van der Waals surface area contributed by atoms with E-state index in [1.54, 1.807) is 29.2 Å². The van der Waals surface area contributed by atoms with E-state index in [2.05, 4.69) is 34.5 Å². The van der Waals surface area contributed by atoms with Crippen molar-refractivity contribution in [3.8, 4) is 0 Å². The number of halogens is 1. The Balaban J connectivity index is 1.94. The van der Waals surface area contributed by atoms with Gasteiger partial charge in [-0.15, -0.1) is 0 Å². The van der Waals surface area contributed by atoms with Gasteiger partial charge in [0.25, 0.3) is 10.0 Å². The van der Waals surface area contributed by atoms with E-state index in [-0.39, 0.29) is 10.8 Å². The van der Waals surface area contributed by atoms with E-state index in [1.807, 2.05) is 12.1 Å². The molecular weight excluding hydrogens is 416 g/mol. The van der Waals surface area contributed by atoms with Crippen molar-refractivity contribution in [1.29, 1.82) is 0 Å². The maximum atomic E-state index is 12.9. The molecule has 138 valence electrons. The second-order valence-electron chi connectivity index (χ2n) is 6.71. The number of rotatable bonds is 4. The van der Waals surface area contributed by atoms with E-state index in [1.165, 1.54) is 6.92 Å². The summed E-state index contributed by atoms with van der Waals surface area (Å²) in [6.07, 6.45) is 0.720. The summed E-state index contributed by atoms with van der Waals surface area (Å²) in [5, 5.41) is 0. The van der Waals surface area contributed by atoms with Crippen LogP contribution >= 0.6 is 15.9 Å². The Bertz CT molecular complexity index is 953. The number of sulfonamides is 1. The third kappa shape index (κ3) is 3.64. The zero-order valence-corrected chi connectivity index (χ0v) is 17.3. The lowest BCUT2D eigenvalue weighted by atomic mass is 10.0. The van der Waals surface area contributed by atoms with Crippen LogP contribution in [-0.2, 0) is 21.2 Å². The molecule has 1 N–H and O–H groups in total. The van der Waals surface area contributed by atoms with Gasteiger partial charge in [0, 0.05) is 29.3 Å². The molecule has 0 bridgehead atoms. The van der Waals surface area contributed by atoms with Gasteiger partial charge < -0.3 is 4.90 Å². The Morgan fingerprint density at radius 1 is 1.19 bits per heavy atom. The van der Waals surface area contributed by atoms with Gasteiger partial charge in [0.15, 0.2) is 0 Å². The number of carbonyl (C=O) groups is 1. The minimum atomic E-state index is -3.78. The van der Waals surface area contributed by atoms with Crippen LogP contribution in [0.5, 0.6) is 0 Å². The Morgan fingerprint density at radius 2 is 1.85 bits per heavy atom. The third-order valence-electron chi connectivity index (χ3n) is 4.53. The predicted octanol–water partition coefficient (Wildman–Crippen LogP) is 4.28. The molecular formula is C19H21BrN2O3S. The molecule has 5 nitrogen and oxygen atoms in total. The van der Waals surface area contributed by atoms with Gasteiger partial charge in [0.1, 0.15) is 4.90 Å². The first-order valence-corrected chi connectivity index (χ1v) is 10.7. The van der Waals surface area contributed by atoms with E-state index < -0.39 is 10.0 Å². The minimum Gasteiger partial charge on any atom is -0.312 e. The molecule has 0 aliphatic carbocycles. The van der Waals surface area contributed by atoms with Crippen molar-refractivity contribution in [3.63, 3.8) is 0 Å². The second kappa shape index (κ2) is 7.04. The number of hydrogen-bond donors (Lipinski definition) is 1. The number of benzene rings is 2. The van der Waals surface area contributed by atoms with Crippen molar-refractivity contribution < 1.29 is 13.2 Å². The van der Waals surface area contributed by atoms with Gasteiger partial charge in [0.05, 0.1) is 0 Å². The maximum absolute atomic E-state index is 12.9. The summed E-state index contributed by atoms with van der Waals surface area (Å²) in [6.45, 7) is 6.23. The Kier molecular flexibility index (Phi) is 5.12. The van der Waals surface area contributed by atoms with Gasteiger partial charge >= 0.3 is 0 Å². The number of nitrogens with one attached hydrogen (secondary N) is 1. The minimum absolute atomic E-state index is 0.0911. The molecule has 0 spiro atoms. The molecule has 2 aromatic carbocycles. The van der Waals surface area contributed by atoms with Crippen molar-refractivity contribution in [2.24, 2.45) is 0 Å². The summed E-state index contributed by atoms with van der Waals surface area (Å²) in [5.74, 6) is 0.288. The Morgan fingerprint density at radius 3 is 2.42 bits per heavy atom. The van der Waals surface area contributed by atoms with Crippen LogP contribution in [0.15, 0.2) is 45.8 Å². The molecule has 0 radical (unpaired) electrons. The monoisotopic (exact) mass is 436 g/mol. The highest BCUT2D eigenvalue weighted by molar-refractivity contribution is 9.10. The first kappa shape index (κ1) is 18.9. The zero-order valence-electron chi connectivity index (χ0n) is 14.9. The quantitative estimate of drug-likeness (QED) is 0.777. The Labute approximate surface area is 162 Å². The second-order valence-corrected chi connectivity index (χ2v) is 9.22. The highest BCUT2D eigenvalue weighted by atomic mass is 79.9. The van der Waals surface area contributed by atoms with Crippen molar-refractivity contribution in [1.82, 2.24) is 0 Å². The molecule has 26 heavy (non-hydrogen) atoms. The lowest BCUT2D eigenvalue weighted by Gasteiger charge is -2.17. The van der Waals surface area contributed by atoms with Crippen molar-refractivity contribution in [2.45, 2.75) is 38.0 Å². The van der Waals surface area contributed by atoms with E-state index >= 15 is 0 Å². The summed E-state index contributed by atoms with van der Waals surface area (Å²) in [5.41, 5.74) is 3.28. The van der Waals surface area contributed by atoms with E-state index in [0.29, 0.717) is 28.3 Å². The van der Waals surface area contributed by atoms with Gasteiger partial charge in [-0.3, -0.25) is 9.52 Å². The summed E-state index contributed by atoms with van der Waals surface area (Å²) in [7, 11) is -3.78. The maximum Gasteiger partial charge on any atom is 0.263 e. The number of amides is 1. The smallest absolute Gasteiger partial charge is 0.263 e. The van der Waals surface area contributed by atoms with E-state index in [9.17, 15) is 13.2 Å². The summed E-state index contributed by atoms with van der Waals surface area (Å²) >= 11 is 3.36. The lowest BCUT2D eigenvalue weighted by Crippen LogP contribution is -2.26. The number of hydrogen-bond acceptors (Lipinski definition) is 3. The number of anilines is 2. The van der Waals surface area contributed by atoms with Crippen LogP contribution in [-0.4, -0.2) is 20.9 Å². The average molecular weight is 437 g/mol. The van der Waals surface area contributed by atoms with Gasteiger partial charge in [-0.1, -0.05) is 26.0 Å². The molecule has 1 aliphatic heterocycles. The van der Waals surface area contributed by atoms with Crippen molar-refractivity contribution in [2.75, 3.05) is 16.2 Å². The normalized spacial score (nSPS) is 13.8. The number of nitrogens with zero attached hydrogens (tertiary/aromatic N) is 1. The van der Waals surface area contributed by atoms with E-state index in [0.717, 1.165) is 17.5 Å². The van der Waals surface area contributed by atoms with E-state index in [4.69, 9.17) is 0 Å². The van der Waals surface area contributed by atoms with Crippen LogP contribution in [0.4, 0.5) is 11.4 Å². The molecule has 1 heterocycles. The Hall–Kier alpha value is -1.86. The fourth-order valence-electron chi connectivity index (χ4n) is 3.07. The van der Waals surface area contributed by atoms with Gasteiger partial charge in [-0.2, -0.15) is 0 Å². The largest absolute Gasteiger partial charge is 0.312 e. The first-order chi connectivity index (χ1) is 12.2. The van der Waals surface area contributed by atoms with Gasteiger partial charge in [0.2, 0.25) is 5.91 Å². The molecule has 0 saturated carbocycles. The van der Waals surface area contributed by atoms with Gasteiger partial charge in [-0.05, 0) is 63.7 Å². The van der Waals surface area contributed by atoms with Crippen LogP contribution < -0.4 is 9.62 Å². The topological polar surface area (TPSA) is 66.5 Å². The van der Waals surface area contributed by atoms with Crippen LogP contribution in [0.2, 0.25) is 0 Å². The highest BCUT2D eigenvalue weighted by Crippen LogP contribution is 2.36. The molecule has 0 saturated heterocycles. The number of carbonyl (C=O) groups excluding carboxylic acids is 1. The molecule has 0 unspecified atom stereocenters. The lowest BCUT2D eigenvalue weighted by molar-refractivity contribution is -0.116. The SMILES string of the molecule is CC(=O)N1CCc2cc(Br)c(S(=O)(=O)Nc3ccc(C(C)C)cc3)cc21. The third-order valence-corrected chi connectivity index (χ3v) is 6.87. The zero-order chi connectivity index (χ0) is 19.1.